The van der Waals surface area contributed by atoms with Crippen LogP contribution in [0.25, 0.3) is 0 Å². The van der Waals surface area contributed by atoms with Crippen molar-refractivity contribution in [2.24, 2.45) is 0 Å². The molecular formula is C14H16N2O3. The summed E-state index contributed by atoms with van der Waals surface area (Å²) in [6.07, 6.45) is 5.98. The van der Waals surface area contributed by atoms with E-state index in [4.69, 9.17) is 14.4 Å². The Morgan fingerprint density at radius 2 is 2.16 bits per heavy atom. The molecule has 0 saturated carbocycles. The fraction of sp³-hybridized carbons (Fsp3) is 0.429. The Morgan fingerprint density at radius 1 is 1.26 bits per heavy atom. The Labute approximate surface area is 111 Å². The maximum Gasteiger partial charge on any atom is 0.140 e. The van der Waals surface area contributed by atoms with E-state index in [2.05, 4.69) is 10.1 Å². The number of aliphatic hydroxyl groups is 1. The van der Waals surface area contributed by atoms with Gasteiger partial charge in [-0.2, -0.15) is 0 Å². The smallest absolute Gasteiger partial charge is 0.140 e. The van der Waals surface area contributed by atoms with Crippen molar-refractivity contribution in [1.82, 2.24) is 10.1 Å². The average molecular weight is 260 g/mol. The lowest BCUT2D eigenvalue weighted by atomic mass is 9.97. The molecule has 5 heteroatoms. The highest BCUT2D eigenvalue weighted by Crippen LogP contribution is 2.25. The van der Waals surface area contributed by atoms with Gasteiger partial charge in [0.2, 0.25) is 0 Å². The zero-order valence-corrected chi connectivity index (χ0v) is 10.6. The van der Waals surface area contributed by atoms with Crippen LogP contribution in [0.1, 0.15) is 35.6 Å². The van der Waals surface area contributed by atoms with Gasteiger partial charge >= 0.3 is 0 Å². The van der Waals surface area contributed by atoms with Crippen molar-refractivity contribution in [2.75, 3.05) is 0 Å². The standard InChI is InChI=1S/C14H16N2O3/c17-8-10-5-6-11(7-15-10)18-9-13-12-3-1-2-4-14(12)19-16-13/h5-7,17H,1-4,8-9H2. The van der Waals surface area contributed by atoms with Gasteiger partial charge in [0.15, 0.2) is 0 Å². The third kappa shape index (κ3) is 2.61. The summed E-state index contributed by atoms with van der Waals surface area (Å²) in [4.78, 5) is 4.07. The van der Waals surface area contributed by atoms with Crippen LogP contribution >= 0.6 is 0 Å². The summed E-state index contributed by atoms with van der Waals surface area (Å²) >= 11 is 0. The van der Waals surface area contributed by atoms with Gasteiger partial charge in [-0.3, -0.25) is 4.98 Å². The summed E-state index contributed by atoms with van der Waals surface area (Å²) in [6, 6.07) is 3.54. The molecule has 2 heterocycles. The lowest BCUT2D eigenvalue weighted by molar-refractivity contribution is 0.273. The van der Waals surface area contributed by atoms with Crippen LogP contribution in [0, 0.1) is 0 Å². The summed E-state index contributed by atoms with van der Waals surface area (Å²) in [7, 11) is 0. The van der Waals surface area contributed by atoms with Crippen molar-refractivity contribution in [3.05, 3.63) is 41.0 Å². The Balaban J connectivity index is 1.66. The second kappa shape index (κ2) is 5.40. The number of hydrogen-bond donors (Lipinski definition) is 1. The van der Waals surface area contributed by atoms with E-state index in [1.807, 2.05) is 0 Å². The average Bonchev–Trinajstić information content (AvgIpc) is 2.89. The maximum absolute atomic E-state index is 8.92. The number of aryl methyl sites for hydroxylation is 1. The van der Waals surface area contributed by atoms with Crippen LogP contribution in [0.3, 0.4) is 0 Å². The molecule has 2 aromatic heterocycles. The number of aromatic nitrogens is 2. The molecule has 2 aromatic rings. The molecule has 0 unspecified atom stereocenters. The first-order chi connectivity index (χ1) is 9.36. The van der Waals surface area contributed by atoms with Crippen molar-refractivity contribution in [3.63, 3.8) is 0 Å². The largest absolute Gasteiger partial charge is 0.486 e. The fourth-order valence-corrected chi connectivity index (χ4v) is 2.30. The molecular weight excluding hydrogens is 244 g/mol. The summed E-state index contributed by atoms with van der Waals surface area (Å²) in [5, 5.41) is 13.0. The summed E-state index contributed by atoms with van der Waals surface area (Å²) in [5.41, 5.74) is 2.73. The minimum absolute atomic E-state index is 0.0585. The molecule has 1 N–H and O–H groups in total. The highest BCUT2D eigenvalue weighted by Gasteiger charge is 2.19. The van der Waals surface area contributed by atoms with Crippen molar-refractivity contribution in [1.29, 1.82) is 0 Å². The molecule has 0 aromatic carbocycles. The second-order valence-electron chi connectivity index (χ2n) is 4.67. The molecule has 1 aliphatic rings. The van der Waals surface area contributed by atoms with Crippen molar-refractivity contribution >= 4 is 0 Å². The lowest BCUT2D eigenvalue weighted by Gasteiger charge is -2.09. The molecule has 19 heavy (non-hydrogen) atoms. The van der Waals surface area contributed by atoms with Crippen molar-refractivity contribution in [2.45, 2.75) is 38.9 Å². The van der Waals surface area contributed by atoms with E-state index in [1.165, 1.54) is 18.4 Å². The van der Waals surface area contributed by atoms with E-state index in [0.29, 0.717) is 18.1 Å². The molecule has 3 rings (SSSR count). The number of hydrogen-bond acceptors (Lipinski definition) is 5. The number of aliphatic hydroxyl groups excluding tert-OH is 1. The van der Waals surface area contributed by atoms with E-state index >= 15 is 0 Å². The van der Waals surface area contributed by atoms with Gasteiger partial charge in [0.05, 0.1) is 18.5 Å². The minimum Gasteiger partial charge on any atom is -0.486 e. The summed E-state index contributed by atoms with van der Waals surface area (Å²) in [5.74, 6) is 1.68. The predicted octanol–water partition coefficient (Wildman–Crippen LogP) is 2.02. The highest BCUT2D eigenvalue weighted by atomic mass is 16.5. The van der Waals surface area contributed by atoms with Gasteiger partial charge in [-0.25, -0.2) is 0 Å². The van der Waals surface area contributed by atoms with Crippen LogP contribution in [0.5, 0.6) is 5.75 Å². The van der Waals surface area contributed by atoms with E-state index in [0.717, 1.165) is 24.3 Å². The van der Waals surface area contributed by atoms with E-state index in [1.54, 1.807) is 18.3 Å². The Morgan fingerprint density at radius 3 is 2.95 bits per heavy atom. The fourth-order valence-electron chi connectivity index (χ4n) is 2.30. The molecule has 0 bridgehead atoms. The SMILES string of the molecule is OCc1ccc(OCc2noc3c2CCCC3)cn1. The van der Waals surface area contributed by atoms with Gasteiger partial charge in [0.1, 0.15) is 23.8 Å². The van der Waals surface area contributed by atoms with Crippen molar-refractivity contribution < 1.29 is 14.4 Å². The Hall–Kier alpha value is -1.88. The van der Waals surface area contributed by atoms with Crippen LogP contribution in [-0.2, 0) is 26.1 Å². The van der Waals surface area contributed by atoms with E-state index < -0.39 is 0 Å². The molecule has 0 fully saturated rings. The maximum atomic E-state index is 8.92. The molecule has 0 saturated heterocycles. The highest BCUT2D eigenvalue weighted by molar-refractivity contribution is 5.26. The normalized spacial score (nSPS) is 14.2. The number of rotatable bonds is 4. The van der Waals surface area contributed by atoms with Gasteiger partial charge in [-0.05, 0) is 31.4 Å². The number of ether oxygens (including phenoxy) is 1. The molecule has 0 spiro atoms. The van der Waals surface area contributed by atoms with E-state index in [-0.39, 0.29) is 6.61 Å². The Bertz CT molecular complexity index is 548. The molecule has 0 radical (unpaired) electrons. The summed E-state index contributed by atoms with van der Waals surface area (Å²) in [6.45, 7) is 0.343. The van der Waals surface area contributed by atoms with Gasteiger partial charge in [0, 0.05) is 12.0 Å². The lowest BCUT2D eigenvalue weighted by Crippen LogP contribution is -2.04. The van der Waals surface area contributed by atoms with Crippen LogP contribution in [0.2, 0.25) is 0 Å². The quantitative estimate of drug-likeness (QED) is 0.910. The van der Waals surface area contributed by atoms with Crippen LogP contribution in [0.4, 0.5) is 0 Å². The third-order valence-electron chi connectivity index (χ3n) is 3.37. The zero-order chi connectivity index (χ0) is 13.1. The van der Waals surface area contributed by atoms with Crippen molar-refractivity contribution in [3.8, 4) is 5.75 Å². The molecule has 100 valence electrons. The van der Waals surface area contributed by atoms with Gasteiger partial charge in [0.25, 0.3) is 0 Å². The van der Waals surface area contributed by atoms with Gasteiger partial charge in [-0.1, -0.05) is 5.16 Å². The monoisotopic (exact) mass is 260 g/mol. The Kier molecular flexibility index (Phi) is 3.46. The molecule has 0 atom stereocenters. The first-order valence-electron chi connectivity index (χ1n) is 6.51. The topological polar surface area (TPSA) is 68.4 Å². The summed E-state index contributed by atoms with van der Waals surface area (Å²) < 4.78 is 11.0. The molecule has 0 amide bonds. The van der Waals surface area contributed by atoms with Crippen LogP contribution in [0.15, 0.2) is 22.9 Å². The molecule has 5 nitrogen and oxygen atoms in total. The molecule has 1 aliphatic carbocycles. The minimum atomic E-state index is -0.0585. The van der Waals surface area contributed by atoms with E-state index in [9.17, 15) is 0 Å². The van der Waals surface area contributed by atoms with Crippen LogP contribution < -0.4 is 4.74 Å². The predicted molar refractivity (Wildman–Crippen MR) is 67.6 cm³/mol. The van der Waals surface area contributed by atoms with Gasteiger partial charge < -0.3 is 14.4 Å². The number of pyridine rings is 1. The number of nitrogens with zero attached hydrogens (tertiary/aromatic N) is 2. The zero-order valence-electron chi connectivity index (χ0n) is 10.6. The molecule has 0 aliphatic heterocycles. The third-order valence-corrected chi connectivity index (χ3v) is 3.37. The van der Waals surface area contributed by atoms with Gasteiger partial charge in [-0.15, -0.1) is 0 Å². The number of fused-ring (bicyclic) bond motifs is 1. The first-order valence-corrected chi connectivity index (χ1v) is 6.51. The first kappa shape index (κ1) is 12.2. The second-order valence-corrected chi connectivity index (χ2v) is 4.67. The van der Waals surface area contributed by atoms with Crippen LogP contribution in [-0.4, -0.2) is 15.2 Å².